The molecule has 0 bridgehead atoms. The summed E-state index contributed by atoms with van der Waals surface area (Å²) in [5, 5.41) is 10.0. The fourth-order valence-corrected chi connectivity index (χ4v) is 4.28. The molecule has 0 saturated carbocycles. The third-order valence-electron chi connectivity index (χ3n) is 5.48. The second-order valence-corrected chi connectivity index (χ2v) is 8.65. The van der Waals surface area contributed by atoms with Crippen LogP contribution in [-0.2, 0) is 6.42 Å². The summed E-state index contributed by atoms with van der Waals surface area (Å²) in [6.45, 7) is 2.23. The Labute approximate surface area is 191 Å². The van der Waals surface area contributed by atoms with Gasteiger partial charge in [-0.2, -0.15) is 0 Å². The normalized spacial score (nSPS) is 12.2. The first kappa shape index (κ1) is 21.5. The summed E-state index contributed by atoms with van der Waals surface area (Å²) in [4.78, 5) is 4.78. The number of pyridine rings is 1. The Kier molecular flexibility index (Phi) is 6.97. The molecule has 0 aliphatic rings. The molecule has 0 saturated heterocycles. The number of fused-ring (bicyclic) bond motifs is 1. The van der Waals surface area contributed by atoms with Crippen LogP contribution < -0.4 is 4.74 Å². The number of rotatable bonds is 9. The minimum atomic E-state index is -0.177. The van der Waals surface area contributed by atoms with Gasteiger partial charge in [-0.3, -0.25) is 0 Å². The lowest BCUT2D eigenvalue weighted by Gasteiger charge is -2.20. The van der Waals surface area contributed by atoms with Gasteiger partial charge >= 0.3 is 0 Å². The molecule has 2 heterocycles. The number of methoxy groups -OCH3 is 1. The van der Waals surface area contributed by atoms with E-state index in [-0.39, 0.29) is 6.04 Å². The van der Waals surface area contributed by atoms with E-state index < -0.39 is 0 Å². The van der Waals surface area contributed by atoms with Crippen molar-refractivity contribution in [1.29, 1.82) is 0 Å². The highest BCUT2D eigenvalue weighted by Gasteiger charge is 2.23. The van der Waals surface area contributed by atoms with Crippen LogP contribution in [0.2, 0.25) is 0 Å². The van der Waals surface area contributed by atoms with Crippen molar-refractivity contribution in [2.24, 2.45) is 0 Å². The van der Waals surface area contributed by atoms with Crippen LogP contribution in [0.4, 0.5) is 0 Å². The second-order valence-electron chi connectivity index (χ2n) is 7.74. The van der Waals surface area contributed by atoms with Crippen LogP contribution in [0.5, 0.6) is 5.88 Å². The van der Waals surface area contributed by atoms with Crippen LogP contribution in [0.15, 0.2) is 65.3 Å². The van der Waals surface area contributed by atoms with Crippen molar-refractivity contribution < 1.29 is 4.74 Å². The molecule has 2 aromatic carbocycles. The Morgan fingerprint density at radius 1 is 1.03 bits per heavy atom. The summed E-state index contributed by atoms with van der Waals surface area (Å²) >= 11 is 3.57. The van der Waals surface area contributed by atoms with Crippen molar-refractivity contribution in [3.63, 3.8) is 0 Å². The summed E-state index contributed by atoms with van der Waals surface area (Å²) < 4.78 is 8.68. The molecule has 5 nitrogen and oxygen atoms in total. The van der Waals surface area contributed by atoms with Crippen molar-refractivity contribution >= 4 is 26.8 Å². The van der Waals surface area contributed by atoms with Crippen LogP contribution in [0.3, 0.4) is 0 Å². The first-order valence-corrected chi connectivity index (χ1v) is 11.6. The largest absolute Gasteiger partial charge is 0.481 e. The van der Waals surface area contributed by atoms with E-state index in [9.17, 15) is 0 Å². The van der Waals surface area contributed by atoms with Crippen LogP contribution in [0.1, 0.15) is 55.5 Å². The minimum Gasteiger partial charge on any atom is -0.481 e. The number of halogens is 1. The zero-order chi connectivity index (χ0) is 21.6. The highest BCUT2D eigenvalue weighted by Crippen LogP contribution is 2.34. The molecular formula is C25H27BrN4O. The maximum atomic E-state index is 5.72. The number of benzene rings is 2. The summed E-state index contributed by atoms with van der Waals surface area (Å²) in [5.41, 5.74) is 3.99. The van der Waals surface area contributed by atoms with Gasteiger partial charge in [0.2, 0.25) is 5.88 Å². The van der Waals surface area contributed by atoms with Gasteiger partial charge in [-0.25, -0.2) is 9.67 Å². The second kappa shape index (κ2) is 10.1. The number of hydrogen-bond donors (Lipinski definition) is 0. The van der Waals surface area contributed by atoms with Crippen LogP contribution in [-0.4, -0.2) is 27.1 Å². The molecule has 0 radical (unpaired) electrons. The Morgan fingerprint density at radius 3 is 2.65 bits per heavy atom. The zero-order valence-corrected chi connectivity index (χ0v) is 19.5. The first-order valence-electron chi connectivity index (χ1n) is 10.8. The molecule has 6 heteroatoms. The lowest BCUT2D eigenvalue weighted by molar-refractivity contribution is 0.387. The summed E-state index contributed by atoms with van der Waals surface area (Å²) in [6.07, 6.45) is 7.86. The lowest BCUT2D eigenvalue weighted by atomic mass is 9.98. The molecule has 1 unspecified atom stereocenters. The van der Waals surface area contributed by atoms with E-state index in [1.165, 1.54) is 19.3 Å². The smallest absolute Gasteiger partial charge is 0.219 e. The molecule has 0 spiro atoms. The van der Waals surface area contributed by atoms with E-state index >= 15 is 0 Å². The van der Waals surface area contributed by atoms with Crippen LogP contribution in [0, 0.1) is 0 Å². The molecule has 4 rings (SSSR count). The first-order chi connectivity index (χ1) is 15.2. The van der Waals surface area contributed by atoms with Gasteiger partial charge in [-0.15, -0.1) is 5.10 Å². The average Bonchev–Trinajstić information content (AvgIpc) is 3.25. The summed E-state index contributed by atoms with van der Waals surface area (Å²) in [7, 11) is 1.67. The summed E-state index contributed by atoms with van der Waals surface area (Å²) in [5.74, 6) is 0.601. The fourth-order valence-electron chi connectivity index (χ4n) is 3.90. The molecule has 0 fully saturated rings. The quantitative estimate of drug-likeness (QED) is 0.262. The van der Waals surface area contributed by atoms with E-state index in [4.69, 9.17) is 9.72 Å². The minimum absolute atomic E-state index is 0.177. The monoisotopic (exact) mass is 478 g/mol. The Morgan fingerprint density at radius 2 is 1.87 bits per heavy atom. The van der Waals surface area contributed by atoms with Gasteiger partial charge in [-0.05, 0) is 42.7 Å². The predicted molar refractivity (Wildman–Crippen MR) is 128 cm³/mol. The molecule has 31 heavy (non-hydrogen) atoms. The molecule has 0 aliphatic heterocycles. The van der Waals surface area contributed by atoms with Gasteiger partial charge < -0.3 is 4.74 Å². The molecule has 0 N–H and O–H groups in total. The molecule has 0 aliphatic carbocycles. The third kappa shape index (κ3) is 4.96. The van der Waals surface area contributed by atoms with Crippen LogP contribution >= 0.6 is 15.9 Å². The average molecular weight is 479 g/mol. The molecule has 4 aromatic rings. The van der Waals surface area contributed by atoms with Crippen molar-refractivity contribution in [1.82, 2.24) is 20.0 Å². The maximum absolute atomic E-state index is 5.72. The van der Waals surface area contributed by atoms with E-state index in [1.807, 2.05) is 35.0 Å². The number of nitrogens with zero attached hydrogens (tertiary/aromatic N) is 4. The third-order valence-corrected chi connectivity index (χ3v) is 5.97. The number of ether oxygens (including phenoxy) is 1. The number of unbranched alkanes of at least 4 members (excludes halogenated alkanes) is 3. The van der Waals surface area contributed by atoms with E-state index in [2.05, 4.69) is 63.6 Å². The lowest BCUT2D eigenvalue weighted by Crippen LogP contribution is -2.15. The topological polar surface area (TPSA) is 52.8 Å². The van der Waals surface area contributed by atoms with E-state index in [0.717, 1.165) is 45.0 Å². The van der Waals surface area contributed by atoms with Crippen LogP contribution in [0.25, 0.3) is 10.9 Å². The van der Waals surface area contributed by atoms with Crippen molar-refractivity contribution in [2.45, 2.75) is 45.1 Å². The predicted octanol–water partition coefficient (Wildman–Crippen LogP) is 6.36. The highest BCUT2D eigenvalue weighted by atomic mass is 79.9. The zero-order valence-electron chi connectivity index (χ0n) is 18.0. The highest BCUT2D eigenvalue weighted by molar-refractivity contribution is 9.10. The van der Waals surface area contributed by atoms with Gasteiger partial charge in [0.1, 0.15) is 6.04 Å². The number of aryl methyl sites for hydroxylation is 1. The van der Waals surface area contributed by atoms with Gasteiger partial charge in [0.25, 0.3) is 0 Å². The number of aromatic nitrogens is 4. The molecule has 1 atom stereocenters. The molecule has 160 valence electrons. The Hall–Kier alpha value is -2.73. The summed E-state index contributed by atoms with van der Waals surface area (Å²) in [6, 6.07) is 18.4. The van der Waals surface area contributed by atoms with Gasteiger partial charge in [0, 0.05) is 21.6 Å². The van der Waals surface area contributed by atoms with Gasteiger partial charge in [-0.1, -0.05) is 77.7 Å². The molecular weight excluding hydrogens is 452 g/mol. The number of hydrogen-bond acceptors (Lipinski definition) is 4. The van der Waals surface area contributed by atoms with E-state index in [0.29, 0.717) is 5.88 Å². The van der Waals surface area contributed by atoms with Gasteiger partial charge in [0.15, 0.2) is 0 Å². The van der Waals surface area contributed by atoms with Crippen molar-refractivity contribution in [3.8, 4) is 5.88 Å². The van der Waals surface area contributed by atoms with Gasteiger partial charge in [0.05, 0.1) is 18.3 Å². The standard InChI is InChI=1S/C25H27BrN4O/c1-3-4-5-9-12-21-17-30(29-28-21)24(18-10-7-6-8-11-18)22-16-19-15-20(26)13-14-23(19)27-25(22)31-2/h6-8,10-11,13-17,24H,3-5,9,12H2,1-2H3. The maximum Gasteiger partial charge on any atom is 0.219 e. The molecule has 2 aromatic heterocycles. The van der Waals surface area contributed by atoms with Crippen molar-refractivity contribution in [3.05, 3.63) is 82.1 Å². The van der Waals surface area contributed by atoms with E-state index in [1.54, 1.807) is 7.11 Å². The van der Waals surface area contributed by atoms with Crippen molar-refractivity contribution in [2.75, 3.05) is 7.11 Å². The molecule has 0 amide bonds. The Balaban J connectivity index is 1.77. The SMILES string of the molecule is CCCCCCc1cn(C(c2ccccc2)c2cc3cc(Br)ccc3nc2OC)nn1. The Bertz CT molecular complexity index is 1140. The fraction of sp³-hybridized carbons (Fsp3) is 0.320.